The lowest BCUT2D eigenvalue weighted by molar-refractivity contribution is 0.423. The van der Waals surface area contributed by atoms with Crippen molar-refractivity contribution in [2.75, 3.05) is 5.73 Å². The number of rotatable bonds is 3. The molecule has 0 atom stereocenters. The zero-order valence-electron chi connectivity index (χ0n) is 9.41. The molecule has 3 aromatic heterocycles. The molecule has 0 bridgehead atoms. The maximum absolute atomic E-state index is 5.57. The summed E-state index contributed by atoms with van der Waals surface area (Å²) in [5, 5.41) is 5.96. The molecule has 6 heteroatoms. The molecule has 0 aliphatic carbocycles. The number of nitrogens with zero attached hydrogens (tertiary/aromatic N) is 3. The fraction of sp³-hybridized carbons (Fsp3) is 0.0833. The Morgan fingerprint density at radius 1 is 1.28 bits per heavy atom. The van der Waals surface area contributed by atoms with Crippen molar-refractivity contribution in [2.45, 2.75) is 6.42 Å². The van der Waals surface area contributed by atoms with E-state index >= 15 is 0 Å². The molecule has 0 amide bonds. The van der Waals surface area contributed by atoms with Gasteiger partial charge >= 0.3 is 0 Å². The molecule has 0 saturated carbocycles. The van der Waals surface area contributed by atoms with Crippen molar-refractivity contribution in [1.82, 2.24) is 15.1 Å². The first-order chi connectivity index (χ1) is 8.81. The van der Waals surface area contributed by atoms with Crippen molar-refractivity contribution in [3.8, 4) is 11.6 Å². The van der Waals surface area contributed by atoms with Crippen LogP contribution in [0.5, 0.6) is 0 Å². The maximum atomic E-state index is 5.57. The average Bonchev–Trinajstić information content (AvgIpc) is 3.02. The van der Waals surface area contributed by atoms with Gasteiger partial charge < -0.3 is 10.3 Å². The third-order valence-electron chi connectivity index (χ3n) is 2.39. The molecule has 0 spiro atoms. The molecule has 0 unspecified atom stereocenters. The van der Waals surface area contributed by atoms with E-state index < -0.39 is 0 Å². The topological polar surface area (TPSA) is 77.8 Å². The third kappa shape index (κ3) is 2.23. The molecule has 3 rings (SSSR count). The minimum atomic E-state index is 0.418. The van der Waals surface area contributed by atoms with E-state index in [-0.39, 0.29) is 0 Å². The Kier molecular flexibility index (Phi) is 2.77. The predicted octanol–water partition coefficient (Wildman–Crippen LogP) is 2.37. The Bertz CT molecular complexity index is 630. The summed E-state index contributed by atoms with van der Waals surface area (Å²) in [6, 6.07) is 7.56. The van der Waals surface area contributed by atoms with Gasteiger partial charge in [0.05, 0.1) is 11.9 Å². The summed E-state index contributed by atoms with van der Waals surface area (Å²) in [6.07, 6.45) is 2.24. The van der Waals surface area contributed by atoms with Crippen LogP contribution in [0.2, 0.25) is 0 Å². The van der Waals surface area contributed by atoms with Gasteiger partial charge in [0.1, 0.15) is 5.69 Å². The highest BCUT2D eigenvalue weighted by molar-refractivity contribution is 7.09. The summed E-state index contributed by atoms with van der Waals surface area (Å²) >= 11 is 1.67. The van der Waals surface area contributed by atoms with Crippen molar-refractivity contribution >= 4 is 17.0 Å². The fourth-order valence-corrected chi connectivity index (χ4v) is 2.23. The molecule has 0 aliphatic rings. The van der Waals surface area contributed by atoms with Gasteiger partial charge in [-0.2, -0.15) is 4.98 Å². The van der Waals surface area contributed by atoms with Gasteiger partial charge in [-0.3, -0.25) is 0 Å². The second kappa shape index (κ2) is 4.58. The van der Waals surface area contributed by atoms with Crippen molar-refractivity contribution < 1.29 is 4.52 Å². The first kappa shape index (κ1) is 10.9. The van der Waals surface area contributed by atoms with Gasteiger partial charge in [-0.1, -0.05) is 11.2 Å². The van der Waals surface area contributed by atoms with Gasteiger partial charge in [0.15, 0.2) is 5.82 Å². The van der Waals surface area contributed by atoms with E-state index in [2.05, 4.69) is 15.1 Å². The standard InChI is InChI=1S/C12H10N4OS/c13-8-3-4-10(14-7-8)12-15-11(16-17-12)6-9-2-1-5-18-9/h1-5,7H,6,13H2. The number of nitrogens with two attached hydrogens (primary N) is 1. The summed E-state index contributed by atoms with van der Waals surface area (Å²) < 4.78 is 5.18. The molecule has 0 saturated heterocycles. The van der Waals surface area contributed by atoms with E-state index in [1.807, 2.05) is 17.5 Å². The van der Waals surface area contributed by atoms with Gasteiger partial charge in [-0.05, 0) is 23.6 Å². The minimum Gasteiger partial charge on any atom is -0.397 e. The molecular formula is C12H10N4OS. The largest absolute Gasteiger partial charge is 0.397 e. The second-order valence-corrected chi connectivity index (χ2v) is 4.78. The van der Waals surface area contributed by atoms with Crippen LogP contribution in [0.25, 0.3) is 11.6 Å². The van der Waals surface area contributed by atoms with E-state index in [0.717, 1.165) is 0 Å². The van der Waals surface area contributed by atoms with E-state index in [4.69, 9.17) is 10.3 Å². The smallest absolute Gasteiger partial charge is 0.276 e. The highest BCUT2D eigenvalue weighted by Crippen LogP contribution is 2.18. The molecule has 2 N–H and O–H groups in total. The lowest BCUT2D eigenvalue weighted by Crippen LogP contribution is -1.89. The molecule has 18 heavy (non-hydrogen) atoms. The summed E-state index contributed by atoms with van der Waals surface area (Å²) in [6.45, 7) is 0. The monoisotopic (exact) mass is 258 g/mol. The van der Waals surface area contributed by atoms with Crippen LogP contribution in [-0.2, 0) is 6.42 Å². The lowest BCUT2D eigenvalue weighted by atomic mass is 10.3. The van der Waals surface area contributed by atoms with Crippen LogP contribution in [0.4, 0.5) is 5.69 Å². The van der Waals surface area contributed by atoms with Crippen molar-refractivity contribution in [2.24, 2.45) is 0 Å². The maximum Gasteiger partial charge on any atom is 0.276 e. The normalized spacial score (nSPS) is 10.7. The van der Waals surface area contributed by atoms with Gasteiger partial charge in [-0.25, -0.2) is 4.98 Å². The van der Waals surface area contributed by atoms with Crippen LogP contribution in [0.1, 0.15) is 10.7 Å². The van der Waals surface area contributed by atoms with Gasteiger partial charge in [0, 0.05) is 11.3 Å². The summed E-state index contributed by atoms with van der Waals surface area (Å²) in [7, 11) is 0. The van der Waals surface area contributed by atoms with Crippen LogP contribution >= 0.6 is 11.3 Å². The molecule has 0 fully saturated rings. The number of hydrogen-bond acceptors (Lipinski definition) is 6. The molecule has 0 radical (unpaired) electrons. The van der Waals surface area contributed by atoms with E-state index in [9.17, 15) is 0 Å². The highest BCUT2D eigenvalue weighted by Gasteiger charge is 2.10. The van der Waals surface area contributed by atoms with Crippen molar-refractivity contribution in [3.05, 3.63) is 46.5 Å². The Hall–Kier alpha value is -2.21. The summed E-state index contributed by atoms with van der Waals surface area (Å²) in [5.41, 5.74) is 6.81. The summed E-state index contributed by atoms with van der Waals surface area (Å²) in [5.74, 6) is 1.08. The first-order valence-corrected chi connectivity index (χ1v) is 6.26. The van der Waals surface area contributed by atoms with E-state index in [1.54, 1.807) is 29.7 Å². The van der Waals surface area contributed by atoms with Crippen molar-refractivity contribution in [1.29, 1.82) is 0 Å². The molecule has 0 aromatic carbocycles. The molecular weight excluding hydrogens is 248 g/mol. The van der Waals surface area contributed by atoms with Crippen LogP contribution in [0, 0.1) is 0 Å². The minimum absolute atomic E-state index is 0.418. The number of pyridine rings is 1. The Morgan fingerprint density at radius 3 is 2.94 bits per heavy atom. The predicted molar refractivity (Wildman–Crippen MR) is 69.1 cm³/mol. The van der Waals surface area contributed by atoms with Gasteiger partial charge in [-0.15, -0.1) is 11.3 Å². The average molecular weight is 258 g/mol. The van der Waals surface area contributed by atoms with Crippen molar-refractivity contribution in [3.63, 3.8) is 0 Å². The second-order valence-electron chi connectivity index (χ2n) is 3.75. The van der Waals surface area contributed by atoms with Crippen LogP contribution in [0.3, 0.4) is 0 Å². The number of thiophene rings is 1. The molecule has 90 valence electrons. The Labute approximate surface area is 107 Å². The third-order valence-corrected chi connectivity index (χ3v) is 3.26. The lowest BCUT2D eigenvalue weighted by Gasteiger charge is -1.93. The number of anilines is 1. The zero-order chi connectivity index (χ0) is 12.4. The quantitative estimate of drug-likeness (QED) is 0.780. The molecule has 3 aromatic rings. The summed E-state index contributed by atoms with van der Waals surface area (Å²) in [4.78, 5) is 9.65. The van der Waals surface area contributed by atoms with E-state index in [1.165, 1.54) is 4.88 Å². The SMILES string of the molecule is Nc1ccc(-c2nc(Cc3cccs3)no2)nc1. The number of hydrogen-bond donors (Lipinski definition) is 1. The zero-order valence-corrected chi connectivity index (χ0v) is 10.2. The number of aromatic nitrogens is 3. The molecule has 0 aliphatic heterocycles. The van der Waals surface area contributed by atoms with E-state index in [0.29, 0.717) is 29.5 Å². The van der Waals surface area contributed by atoms with Gasteiger partial charge in [0.25, 0.3) is 5.89 Å². The Morgan fingerprint density at radius 2 is 2.22 bits per heavy atom. The van der Waals surface area contributed by atoms with Gasteiger partial charge in [0.2, 0.25) is 0 Å². The fourth-order valence-electron chi connectivity index (χ4n) is 1.53. The molecule has 3 heterocycles. The highest BCUT2D eigenvalue weighted by atomic mass is 32.1. The number of nitrogen functional groups attached to an aromatic ring is 1. The molecule has 5 nitrogen and oxygen atoms in total. The first-order valence-electron chi connectivity index (χ1n) is 5.38. The van der Waals surface area contributed by atoms with Crippen LogP contribution < -0.4 is 5.73 Å². The van der Waals surface area contributed by atoms with Crippen LogP contribution in [-0.4, -0.2) is 15.1 Å². The van der Waals surface area contributed by atoms with Crippen LogP contribution in [0.15, 0.2) is 40.4 Å². The Balaban J connectivity index is 1.83.